The van der Waals surface area contributed by atoms with Crippen molar-refractivity contribution >= 4 is 45.7 Å². The van der Waals surface area contributed by atoms with Gasteiger partial charge in [-0.25, -0.2) is 0 Å². The van der Waals surface area contributed by atoms with Gasteiger partial charge in [0.1, 0.15) is 18.2 Å². The second kappa shape index (κ2) is 8.41. The molecule has 1 aromatic heterocycles. The number of ether oxygens (including phenoxy) is 1. The molecule has 0 aliphatic carbocycles. The number of rotatable bonds is 5. The lowest BCUT2D eigenvalue weighted by molar-refractivity contribution is -0.114. The molecular formula is C26H24N4O2S. The molecule has 0 atom stereocenters. The fourth-order valence-electron chi connectivity index (χ4n) is 4.21. The summed E-state index contributed by atoms with van der Waals surface area (Å²) in [6.07, 6.45) is 5.64. The van der Waals surface area contributed by atoms with Crippen molar-refractivity contribution in [2.45, 2.75) is 27.3 Å². The van der Waals surface area contributed by atoms with Crippen LogP contribution in [0.4, 0.5) is 0 Å². The zero-order valence-electron chi connectivity index (χ0n) is 18.8. The van der Waals surface area contributed by atoms with E-state index in [0.29, 0.717) is 23.9 Å². The maximum atomic E-state index is 12.7. The molecule has 6 nitrogen and oxygen atoms in total. The van der Waals surface area contributed by atoms with Crippen LogP contribution in [0.15, 0.2) is 70.3 Å². The summed E-state index contributed by atoms with van der Waals surface area (Å²) >= 11 is 1.41. The normalized spacial score (nSPS) is 16.9. The van der Waals surface area contributed by atoms with E-state index in [4.69, 9.17) is 10.1 Å². The van der Waals surface area contributed by atoms with Crippen LogP contribution in [0.1, 0.15) is 23.6 Å². The van der Waals surface area contributed by atoms with Crippen LogP contribution in [0.3, 0.4) is 0 Å². The fourth-order valence-corrected chi connectivity index (χ4v) is 5.03. The molecule has 3 aromatic rings. The number of allylic oxidation sites excluding steroid dienone is 1. The highest BCUT2D eigenvalue weighted by molar-refractivity contribution is 8.17. The number of aryl methyl sites for hydroxylation is 2. The van der Waals surface area contributed by atoms with Crippen molar-refractivity contribution in [2.24, 2.45) is 4.99 Å². The summed E-state index contributed by atoms with van der Waals surface area (Å²) in [4.78, 5) is 19.6. The van der Waals surface area contributed by atoms with Crippen molar-refractivity contribution < 1.29 is 9.53 Å². The number of fused-ring (bicyclic) bond motifs is 2. The summed E-state index contributed by atoms with van der Waals surface area (Å²) in [6, 6.07) is 14.3. The second-order valence-electron chi connectivity index (χ2n) is 8.28. The minimum Gasteiger partial charge on any atom is -0.492 e. The highest BCUT2D eigenvalue weighted by Crippen LogP contribution is 2.33. The zero-order chi connectivity index (χ0) is 23.1. The molecule has 33 heavy (non-hydrogen) atoms. The minimum atomic E-state index is -0.378. The number of amides is 1. The van der Waals surface area contributed by atoms with Crippen LogP contribution in [0.5, 0.6) is 5.75 Å². The van der Waals surface area contributed by atoms with Gasteiger partial charge in [-0.2, -0.15) is 4.99 Å². The lowest BCUT2D eigenvalue weighted by atomic mass is 10.1. The average Bonchev–Trinajstić information content (AvgIpc) is 3.31. The van der Waals surface area contributed by atoms with Crippen molar-refractivity contribution in [1.29, 1.82) is 5.41 Å². The molecule has 0 unspecified atom stereocenters. The maximum absolute atomic E-state index is 12.7. The third kappa shape index (κ3) is 4.12. The summed E-state index contributed by atoms with van der Waals surface area (Å²) < 4.78 is 8.14. The maximum Gasteiger partial charge on any atom is 0.283 e. The van der Waals surface area contributed by atoms with Gasteiger partial charge in [0.05, 0.1) is 12.1 Å². The van der Waals surface area contributed by atoms with E-state index in [1.54, 1.807) is 11.0 Å². The molecule has 1 amide bonds. The number of amidine groups is 2. The molecule has 0 spiro atoms. The predicted molar refractivity (Wildman–Crippen MR) is 135 cm³/mol. The molecule has 166 valence electrons. The number of carbonyl (C=O) groups excluding carboxylic acids is 1. The molecule has 2 aliphatic heterocycles. The first-order valence-corrected chi connectivity index (χ1v) is 11.6. The Morgan fingerprint density at radius 1 is 1.12 bits per heavy atom. The van der Waals surface area contributed by atoms with Gasteiger partial charge >= 0.3 is 0 Å². The van der Waals surface area contributed by atoms with Gasteiger partial charge in [0.2, 0.25) is 0 Å². The molecule has 7 heteroatoms. The molecular weight excluding hydrogens is 432 g/mol. The van der Waals surface area contributed by atoms with Crippen LogP contribution >= 0.6 is 11.8 Å². The lowest BCUT2D eigenvalue weighted by Crippen LogP contribution is -2.35. The molecule has 0 saturated carbocycles. The molecule has 0 saturated heterocycles. The number of hydrogen-bond donors (Lipinski definition) is 1. The van der Waals surface area contributed by atoms with E-state index >= 15 is 0 Å². The zero-order valence-corrected chi connectivity index (χ0v) is 19.6. The SMILES string of the molecule is CC1=CN2C(=N)/C(=C/c3cn(CCOc4cc(C)cc(C)c4)c4ccccc34)C(=O)N=C2S1. The Hall–Kier alpha value is -3.58. The number of hydrogen-bond acceptors (Lipinski definition) is 4. The number of para-hydroxylation sites is 1. The first-order valence-electron chi connectivity index (χ1n) is 10.8. The van der Waals surface area contributed by atoms with Gasteiger partial charge in [-0.15, -0.1) is 0 Å². The van der Waals surface area contributed by atoms with Gasteiger partial charge in [0, 0.05) is 33.8 Å². The number of thioether (sulfide) groups is 1. The Labute approximate surface area is 196 Å². The van der Waals surface area contributed by atoms with Crippen LogP contribution in [0.2, 0.25) is 0 Å². The van der Waals surface area contributed by atoms with Crippen LogP contribution in [0, 0.1) is 19.3 Å². The summed E-state index contributed by atoms with van der Waals surface area (Å²) in [7, 11) is 0. The van der Waals surface area contributed by atoms with Crippen molar-refractivity contribution in [3.05, 3.63) is 82.0 Å². The fraction of sp³-hybridized carbons (Fsp3) is 0.192. The van der Waals surface area contributed by atoms with Crippen LogP contribution < -0.4 is 4.74 Å². The van der Waals surface area contributed by atoms with E-state index in [0.717, 1.165) is 27.1 Å². The van der Waals surface area contributed by atoms with E-state index in [1.165, 1.54) is 22.9 Å². The topological polar surface area (TPSA) is 70.7 Å². The number of nitrogens with one attached hydrogen (secondary N) is 1. The molecule has 0 fully saturated rings. The van der Waals surface area contributed by atoms with Crippen molar-refractivity contribution in [3.8, 4) is 5.75 Å². The summed E-state index contributed by atoms with van der Waals surface area (Å²) in [5, 5.41) is 10.1. The Morgan fingerprint density at radius 3 is 2.67 bits per heavy atom. The lowest BCUT2D eigenvalue weighted by Gasteiger charge is -2.22. The quantitative estimate of drug-likeness (QED) is 0.515. The van der Waals surface area contributed by atoms with Gasteiger partial charge in [-0.1, -0.05) is 36.0 Å². The Morgan fingerprint density at radius 2 is 1.88 bits per heavy atom. The van der Waals surface area contributed by atoms with Gasteiger partial charge < -0.3 is 9.30 Å². The Bertz CT molecular complexity index is 1380. The summed E-state index contributed by atoms with van der Waals surface area (Å²) in [5.74, 6) is 0.647. The third-order valence-corrected chi connectivity index (χ3v) is 6.51. The van der Waals surface area contributed by atoms with E-state index in [-0.39, 0.29) is 11.7 Å². The molecule has 2 aromatic carbocycles. The number of aromatic nitrogens is 1. The monoisotopic (exact) mass is 456 g/mol. The molecule has 1 N–H and O–H groups in total. The molecule has 3 heterocycles. The minimum absolute atomic E-state index is 0.157. The van der Waals surface area contributed by atoms with Gasteiger partial charge in [0.15, 0.2) is 5.17 Å². The van der Waals surface area contributed by atoms with Crippen LogP contribution in [0.25, 0.3) is 17.0 Å². The standard InChI is InChI=1S/C26H24N4O2S/c1-16-10-17(2)12-20(11-16)32-9-8-29-15-19(21-6-4-5-7-23(21)29)13-22-24(27)30-14-18(3)33-26(30)28-25(22)31/h4-7,10-15,27H,8-9H2,1-3H3/b22-13-,27-24?. The molecule has 0 radical (unpaired) electrons. The van der Waals surface area contributed by atoms with E-state index < -0.39 is 0 Å². The van der Waals surface area contributed by atoms with E-state index in [9.17, 15) is 4.79 Å². The largest absolute Gasteiger partial charge is 0.492 e. The number of nitrogens with zero attached hydrogens (tertiary/aromatic N) is 3. The molecule has 5 rings (SSSR count). The number of carbonyl (C=O) groups is 1. The van der Waals surface area contributed by atoms with Crippen LogP contribution in [-0.4, -0.2) is 33.0 Å². The smallest absolute Gasteiger partial charge is 0.283 e. The predicted octanol–water partition coefficient (Wildman–Crippen LogP) is 5.50. The van der Waals surface area contributed by atoms with Gasteiger partial charge in [0.25, 0.3) is 5.91 Å². The van der Waals surface area contributed by atoms with Crippen molar-refractivity contribution in [3.63, 3.8) is 0 Å². The first kappa shape index (κ1) is 21.3. The van der Waals surface area contributed by atoms with E-state index in [2.05, 4.69) is 35.5 Å². The number of aliphatic imine (C=N–C) groups is 1. The Kier molecular flexibility index (Phi) is 5.42. The molecule has 0 bridgehead atoms. The first-order chi connectivity index (χ1) is 15.9. The van der Waals surface area contributed by atoms with Crippen molar-refractivity contribution in [2.75, 3.05) is 6.61 Å². The highest BCUT2D eigenvalue weighted by atomic mass is 32.2. The average molecular weight is 457 g/mol. The third-order valence-electron chi connectivity index (χ3n) is 5.61. The highest BCUT2D eigenvalue weighted by Gasteiger charge is 2.33. The van der Waals surface area contributed by atoms with Crippen molar-refractivity contribution in [1.82, 2.24) is 9.47 Å². The van der Waals surface area contributed by atoms with Gasteiger partial charge in [-0.3, -0.25) is 15.1 Å². The van der Waals surface area contributed by atoms with E-state index in [1.807, 2.05) is 49.7 Å². The second-order valence-corrected chi connectivity index (χ2v) is 9.50. The summed E-state index contributed by atoms with van der Waals surface area (Å²) in [6.45, 7) is 7.26. The Balaban J connectivity index is 1.43. The molecule has 2 aliphatic rings. The summed E-state index contributed by atoms with van der Waals surface area (Å²) in [5.41, 5.74) is 4.59. The number of benzene rings is 2. The van der Waals surface area contributed by atoms with Gasteiger partial charge in [-0.05, 0) is 56.2 Å². The van der Waals surface area contributed by atoms with Crippen LogP contribution in [-0.2, 0) is 11.3 Å².